The van der Waals surface area contributed by atoms with E-state index in [1.54, 1.807) is 44.4 Å². The SMILES string of the molecule is CN(C)C(=O)c1ccc(-c2c(C#N)c(N)[nH]c(=O)c2C#N)cc1. The average molecular weight is 307 g/mol. The lowest BCUT2D eigenvalue weighted by Crippen LogP contribution is -2.21. The van der Waals surface area contributed by atoms with Gasteiger partial charge in [0, 0.05) is 25.2 Å². The summed E-state index contributed by atoms with van der Waals surface area (Å²) in [7, 11) is 3.27. The largest absolute Gasteiger partial charge is 0.384 e. The predicted octanol–water partition coefficient (Wildman–Crippen LogP) is 1.07. The van der Waals surface area contributed by atoms with Crippen molar-refractivity contribution >= 4 is 11.7 Å². The molecule has 0 fully saturated rings. The van der Waals surface area contributed by atoms with Crippen molar-refractivity contribution in [2.45, 2.75) is 0 Å². The van der Waals surface area contributed by atoms with Crippen LogP contribution in [-0.4, -0.2) is 29.9 Å². The fourth-order valence-corrected chi connectivity index (χ4v) is 2.17. The zero-order chi connectivity index (χ0) is 17.1. The molecule has 0 aliphatic rings. The minimum Gasteiger partial charge on any atom is -0.384 e. The molecule has 0 radical (unpaired) electrons. The molecule has 1 heterocycles. The first kappa shape index (κ1) is 15.8. The van der Waals surface area contributed by atoms with Gasteiger partial charge in [-0.15, -0.1) is 0 Å². The molecule has 1 aromatic heterocycles. The van der Waals surface area contributed by atoms with E-state index in [9.17, 15) is 20.1 Å². The number of carbonyl (C=O) groups excluding carboxylic acids is 1. The first-order chi connectivity index (χ1) is 10.9. The Balaban J connectivity index is 2.68. The number of nitrogen functional groups attached to an aromatic ring is 1. The van der Waals surface area contributed by atoms with Crippen LogP contribution >= 0.6 is 0 Å². The topological polar surface area (TPSA) is 127 Å². The lowest BCUT2D eigenvalue weighted by Gasteiger charge is -2.12. The number of carbonyl (C=O) groups is 1. The molecule has 7 heteroatoms. The van der Waals surface area contributed by atoms with Crippen molar-refractivity contribution in [2.75, 3.05) is 19.8 Å². The molecule has 0 saturated heterocycles. The van der Waals surface area contributed by atoms with Crippen molar-refractivity contribution in [3.8, 4) is 23.3 Å². The number of pyridine rings is 1. The second-order valence-corrected chi connectivity index (χ2v) is 4.99. The standard InChI is InChI=1S/C16H13N5O2/c1-21(2)16(23)10-5-3-9(4-6-10)13-11(7-17)14(19)20-15(22)12(13)8-18/h3-6H,1-2H3,(H3,19,20,22). The van der Waals surface area contributed by atoms with Crippen molar-refractivity contribution in [1.29, 1.82) is 10.5 Å². The molecule has 0 atom stereocenters. The average Bonchev–Trinajstić information content (AvgIpc) is 2.53. The molecule has 1 amide bonds. The Bertz CT molecular complexity index is 912. The van der Waals surface area contributed by atoms with E-state index < -0.39 is 5.56 Å². The number of aromatic amines is 1. The molecule has 114 valence electrons. The zero-order valence-corrected chi connectivity index (χ0v) is 12.5. The molecule has 0 saturated carbocycles. The van der Waals surface area contributed by atoms with Crippen LogP contribution in [0.1, 0.15) is 21.5 Å². The minimum absolute atomic E-state index is 0.0211. The molecule has 0 aliphatic carbocycles. The van der Waals surface area contributed by atoms with Gasteiger partial charge in [0.1, 0.15) is 29.1 Å². The van der Waals surface area contributed by atoms with Gasteiger partial charge in [0.05, 0.1) is 0 Å². The van der Waals surface area contributed by atoms with E-state index in [1.165, 1.54) is 4.90 Å². The zero-order valence-electron chi connectivity index (χ0n) is 12.5. The number of H-pyrrole nitrogens is 1. The van der Waals surface area contributed by atoms with Gasteiger partial charge in [0.2, 0.25) is 0 Å². The van der Waals surface area contributed by atoms with Crippen LogP contribution in [0.3, 0.4) is 0 Å². The fraction of sp³-hybridized carbons (Fsp3) is 0.125. The molecule has 0 aliphatic heterocycles. The second kappa shape index (κ2) is 6.04. The summed E-state index contributed by atoms with van der Waals surface area (Å²) in [6, 6.07) is 9.98. The van der Waals surface area contributed by atoms with E-state index in [-0.39, 0.29) is 28.4 Å². The molecular weight excluding hydrogens is 294 g/mol. The van der Waals surface area contributed by atoms with Gasteiger partial charge >= 0.3 is 0 Å². The van der Waals surface area contributed by atoms with Gasteiger partial charge in [-0.1, -0.05) is 12.1 Å². The number of nitriles is 2. The molecule has 2 aromatic rings. The summed E-state index contributed by atoms with van der Waals surface area (Å²) in [6.45, 7) is 0. The molecule has 0 unspecified atom stereocenters. The Morgan fingerprint density at radius 3 is 2.17 bits per heavy atom. The number of benzene rings is 1. The Hall–Kier alpha value is -3.58. The Labute approximate surface area is 132 Å². The lowest BCUT2D eigenvalue weighted by molar-refractivity contribution is 0.0827. The van der Waals surface area contributed by atoms with Gasteiger partial charge in [0.15, 0.2) is 0 Å². The predicted molar refractivity (Wildman–Crippen MR) is 84.4 cm³/mol. The van der Waals surface area contributed by atoms with Crippen molar-refractivity contribution in [3.63, 3.8) is 0 Å². The summed E-state index contributed by atoms with van der Waals surface area (Å²) in [5.41, 5.74) is 5.92. The van der Waals surface area contributed by atoms with E-state index in [2.05, 4.69) is 4.98 Å². The fourth-order valence-electron chi connectivity index (χ4n) is 2.17. The van der Waals surface area contributed by atoms with Crippen LogP contribution in [0.15, 0.2) is 29.1 Å². The van der Waals surface area contributed by atoms with Crippen LogP contribution < -0.4 is 11.3 Å². The molecule has 3 N–H and O–H groups in total. The number of nitrogens with two attached hydrogens (primary N) is 1. The van der Waals surface area contributed by atoms with E-state index in [4.69, 9.17) is 5.73 Å². The molecule has 0 spiro atoms. The Morgan fingerprint density at radius 2 is 1.70 bits per heavy atom. The number of nitrogens with one attached hydrogen (secondary N) is 1. The minimum atomic E-state index is -0.660. The number of hydrogen-bond donors (Lipinski definition) is 2. The molecule has 23 heavy (non-hydrogen) atoms. The van der Waals surface area contributed by atoms with Crippen molar-refractivity contribution < 1.29 is 4.79 Å². The number of hydrogen-bond acceptors (Lipinski definition) is 5. The summed E-state index contributed by atoms with van der Waals surface area (Å²) < 4.78 is 0. The molecule has 0 bridgehead atoms. The molecule has 2 rings (SSSR count). The smallest absolute Gasteiger partial charge is 0.268 e. The Kier molecular flexibility index (Phi) is 4.15. The summed E-state index contributed by atoms with van der Waals surface area (Å²) in [5, 5.41) is 18.5. The summed E-state index contributed by atoms with van der Waals surface area (Å²) in [4.78, 5) is 27.5. The van der Waals surface area contributed by atoms with E-state index in [0.29, 0.717) is 11.1 Å². The maximum atomic E-state index is 11.9. The van der Waals surface area contributed by atoms with Crippen LogP contribution in [0.2, 0.25) is 0 Å². The van der Waals surface area contributed by atoms with Crippen LogP contribution in [-0.2, 0) is 0 Å². The highest BCUT2D eigenvalue weighted by molar-refractivity contribution is 5.94. The number of nitrogens with zero attached hydrogens (tertiary/aromatic N) is 3. The van der Waals surface area contributed by atoms with Crippen LogP contribution in [0.25, 0.3) is 11.1 Å². The molecule has 1 aromatic carbocycles. The third-order valence-electron chi connectivity index (χ3n) is 3.29. The van der Waals surface area contributed by atoms with Gasteiger partial charge in [-0.05, 0) is 17.7 Å². The quantitative estimate of drug-likeness (QED) is 0.858. The van der Waals surface area contributed by atoms with Crippen molar-refractivity contribution in [1.82, 2.24) is 9.88 Å². The highest BCUT2D eigenvalue weighted by atomic mass is 16.2. The van der Waals surface area contributed by atoms with Crippen LogP contribution in [0, 0.1) is 22.7 Å². The first-order valence-corrected chi connectivity index (χ1v) is 6.58. The third kappa shape index (κ3) is 2.76. The normalized spacial score (nSPS) is 9.74. The number of aromatic nitrogens is 1. The number of rotatable bonds is 2. The summed E-state index contributed by atoms with van der Waals surface area (Å²) in [6.07, 6.45) is 0. The summed E-state index contributed by atoms with van der Waals surface area (Å²) >= 11 is 0. The van der Waals surface area contributed by atoms with Gasteiger partial charge in [0.25, 0.3) is 11.5 Å². The van der Waals surface area contributed by atoms with E-state index in [1.807, 2.05) is 6.07 Å². The van der Waals surface area contributed by atoms with E-state index in [0.717, 1.165) is 0 Å². The Morgan fingerprint density at radius 1 is 1.13 bits per heavy atom. The maximum Gasteiger partial charge on any atom is 0.268 e. The maximum absolute atomic E-state index is 11.9. The van der Waals surface area contributed by atoms with Gasteiger partial charge in [-0.3, -0.25) is 9.59 Å². The van der Waals surface area contributed by atoms with Gasteiger partial charge < -0.3 is 15.6 Å². The monoisotopic (exact) mass is 307 g/mol. The lowest BCUT2D eigenvalue weighted by atomic mass is 9.96. The second-order valence-electron chi connectivity index (χ2n) is 4.99. The molecule has 7 nitrogen and oxygen atoms in total. The van der Waals surface area contributed by atoms with Crippen LogP contribution in [0.4, 0.5) is 5.82 Å². The number of amides is 1. The third-order valence-corrected chi connectivity index (χ3v) is 3.29. The van der Waals surface area contributed by atoms with Crippen LogP contribution in [0.5, 0.6) is 0 Å². The van der Waals surface area contributed by atoms with Crippen molar-refractivity contribution in [2.24, 2.45) is 0 Å². The van der Waals surface area contributed by atoms with E-state index >= 15 is 0 Å². The first-order valence-electron chi connectivity index (χ1n) is 6.58. The highest BCUT2D eigenvalue weighted by Gasteiger charge is 2.18. The van der Waals surface area contributed by atoms with Gasteiger partial charge in [-0.25, -0.2) is 0 Å². The summed E-state index contributed by atoms with van der Waals surface area (Å²) in [5.74, 6) is -0.275. The molecular formula is C16H13N5O2. The highest BCUT2D eigenvalue weighted by Crippen LogP contribution is 2.28. The van der Waals surface area contributed by atoms with Crippen molar-refractivity contribution in [3.05, 3.63) is 51.3 Å². The van der Waals surface area contributed by atoms with Gasteiger partial charge in [-0.2, -0.15) is 10.5 Å². The number of anilines is 1.